The molecule has 1 rings (SSSR count). The minimum absolute atomic E-state index is 0.0640. The van der Waals surface area contributed by atoms with Gasteiger partial charge in [-0.25, -0.2) is 0 Å². The van der Waals surface area contributed by atoms with E-state index in [2.05, 4.69) is 10.2 Å². The van der Waals surface area contributed by atoms with Crippen LogP contribution in [-0.4, -0.2) is 31.6 Å². The Labute approximate surface area is 115 Å². The molecule has 0 saturated carbocycles. The lowest BCUT2D eigenvalue weighted by molar-refractivity contribution is -0.129. The molecule has 1 amide bonds. The Morgan fingerprint density at radius 1 is 1.26 bits per heavy atom. The number of nitrogens with one attached hydrogen (secondary N) is 1. The fourth-order valence-electron chi connectivity index (χ4n) is 1.57. The summed E-state index contributed by atoms with van der Waals surface area (Å²) in [6.07, 6.45) is 0. The summed E-state index contributed by atoms with van der Waals surface area (Å²) in [5.41, 5.74) is 0.842. The maximum Gasteiger partial charge on any atom is 0.226 e. The number of benzene rings is 1. The molecule has 0 heterocycles. The van der Waals surface area contributed by atoms with Crippen LogP contribution in [0.15, 0.2) is 24.3 Å². The average Bonchev–Trinajstić information content (AvgIpc) is 2.35. The van der Waals surface area contributed by atoms with Crippen molar-refractivity contribution in [1.29, 1.82) is 0 Å². The molecule has 0 spiro atoms. The largest absolute Gasteiger partial charge is 0.497 e. The van der Waals surface area contributed by atoms with Crippen molar-refractivity contribution in [1.82, 2.24) is 10.2 Å². The molecule has 0 atom stereocenters. The molecule has 0 saturated heterocycles. The number of carbonyl (C=O) groups is 1. The van der Waals surface area contributed by atoms with Crippen LogP contribution in [0.25, 0.3) is 0 Å². The number of hydrogen-bond donors (Lipinski definition) is 1. The second-order valence-corrected chi connectivity index (χ2v) is 5.78. The van der Waals surface area contributed by atoms with E-state index < -0.39 is 0 Å². The smallest absolute Gasteiger partial charge is 0.226 e. The van der Waals surface area contributed by atoms with Crippen molar-refractivity contribution >= 4 is 5.91 Å². The van der Waals surface area contributed by atoms with Crippen LogP contribution >= 0.6 is 0 Å². The van der Waals surface area contributed by atoms with E-state index in [1.165, 1.54) is 5.56 Å². The van der Waals surface area contributed by atoms with Gasteiger partial charge in [0.15, 0.2) is 0 Å². The van der Waals surface area contributed by atoms with Crippen LogP contribution in [0.3, 0.4) is 0 Å². The lowest BCUT2D eigenvalue weighted by atomic mass is 9.96. The molecule has 4 heteroatoms. The number of rotatable bonds is 5. The molecular weight excluding hydrogens is 240 g/mol. The van der Waals surface area contributed by atoms with Gasteiger partial charge in [0.2, 0.25) is 5.91 Å². The predicted molar refractivity (Wildman–Crippen MR) is 76.9 cm³/mol. The van der Waals surface area contributed by atoms with Gasteiger partial charge in [0, 0.05) is 12.0 Å². The molecule has 19 heavy (non-hydrogen) atoms. The Morgan fingerprint density at radius 2 is 1.84 bits per heavy atom. The fourth-order valence-corrected chi connectivity index (χ4v) is 1.57. The van der Waals surface area contributed by atoms with Gasteiger partial charge in [0.25, 0.3) is 0 Å². The van der Waals surface area contributed by atoms with Gasteiger partial charge in [-0.2, -0.15) is 0 Å². The van der Waals surface area contributed by atoms with Crippen LogP contribution in [0.5, 0.6) is 5.75 Å². The van der Waals surface area contributed by atoms with E-state index in [-0.39, 0.29) is 11.3 Å². The van der Waals surface area contributed by atoms with Crippen LogP contribution in [0.4, 0.5) is 0 Å². The SMILES string of the molecule is COc1ccc(CN(C)CNC(=O)C(C)(C)C)cc1. The molecular formula is C15H24N2O2. The van der Waals surface area contributed by atoms with Gasteiger partial charge in [0.1, 0.15) is 5.75 Å². The number of ether oxygens (including phenoxy) is 1. The van der Waals surface area contributed by atoms with Gasteiger partial charge >= 0.3 is 0 Å². The molecule has 0 aliphatic heterocycles. The lowest BCUT2D eigenvalue weighted by Crippen LogP contribution is -2.40. The standard InChI is InChI=1S/C15H24N2O2/c1-15(2,3)14(18)16-11-17(4)10-12-6-8-13(19-5)9-7-12/h6-9H,10-11H2,1-5H3,(H,16,18). The highest BCUT2D eigenvalue weighted by atomic mass is 16.5. The predicted octanol–water partition coefficient (Wildman–Crippen LogP) is 2.25. The van der Waals surface area contributed by atoms with Crippen LogP contribution in [0.1, 0.15) is 26.3 Å². The van der Waals surface area contributed by atoms with Crippen molar-refractivity contribution < 1.29 is 9.53 Å². The first-order valence-corrected chi connectivity index (χ1v) is 6.42. The molecule has 0 unspecified atom stereocenters. The van der Waals surface area contributed by atoms with E-state index in [0.717, 1.165) is 12.3 Å². The quantitative estimate of drug-likeness (QED) is 0.829. The first-order chi connectivity index (χ1) is 8.82. The second kappa shape index (κ2) is 6.57. The number of amides is 1. The molecule has 1 aromatic carbocycles. The van der Waals surface area contributed by atoms with Gasteiger partial charge in [0.05, 0.1) is 13.8 Å². The highest BCUT2D eigenvalue weighted by Crippen LogP contribution is 2.13. The van der Waals surface area contributed by atoms with E-state index in [1.807, 2.05) is 52.1 Å². The molecule has 1 aromatic rings. The van der Waals surface area contributed by atoms with Gasteiger partial charge in [-0.15, -0.1) is 0 Å². The summed E-state index contributed by atoms with van der Waals surface area (Å²) < 4.78 is 5.12. The Hall–Kier alpha value is -1.55. The Balaban J connectivity index is 2.42. The molecule has 4 nitrogen and oxygen atoms in total. The molecule has 1 N–H and O–H groups in total. The van der Waals surface area contributed by atoms with E-state index in [4.69, 9.17) is 4.74 Å². The van der Waals surface area contributed by atoms with Crippen molar-refractivity contribution in [3.05, 3.63) is 29.8 Å². The van der Waals surface area contributed by atoms with Crippen LogP contribution in [-0.2, 0) is 11.3 Å². The summed E-state index contributed by atoms with van der Waals surface area (Å²) in [7, 11) is 3.64. The molecule has 0 aliphatic rings. The highest BCUT2D eigenvalue weighted by molar-refractivity contribution is 5.81. The second-order valence-electron chi connectivity index (χ2n) is 5.78. The summed E-state index contributed by atoms with van der Waals surface area (Å²) >= 11 is 0. The van der Waals surface area contributed by atoms with Gasteiger partial charge in [-0.3, -0.25) is 9.69 Å². The van der Waals surface area contributed by atoms with E-state index in [1.54, 1.807) is 7.11 Å². The van der Waals surface area contributed by atoms with Crippen molar-refractivity contribution in [3.63, 3.8) is 0 Å². The average molecular weight is 264 g/mol. The maximum absolute atomic E-state index is 11.8. The minimum atomic E-state index is -0.346. The van der Waals surface area contributed by atoms with Crippen molar-refractivity contribution in [3.8, 4) is 5.75 Å². The molecule has 0 aliphatic carbocycles. The molecule has 0 aromatic heterocycles. The highest BCUT2D eigenvalue weighted by Gasteiger charge is 2.20. The fraction of sp³-hybridized carbons (Fsp3) is 0.533. The zero-order valence-corrected chi connectivity index (χ0v) is 12.5. The zero-order valence-electron chi connectivity index (χ0n) is 12.5. The molecule has 0 radical (unpaired) electrons. The minimum Gasteiger partial charge on any atom is -0.497 e. The van der Waals surface area contributed by atoms with E-state index >= 15 is 0 Å². The number of hydrogen-bond acceptors (Lipinski definition) is 3. The van der Waals surface area contributed by atoms with Crippen molar-refractivity contribution in [2.75, 3.05) is 20.8 Å². The summed E-state index contributed by atoms with van der Waals surface area (Å²) in [5.74, 6) is 0.918. The van der Waals surface area contributed by atoms with E-state index in [9.17, 15) is 4.79 Å². The van der Waals surface area contributed by atoms with Crippen LogP contribution < -0.4 is 10.1 Å². The van der Waals surface area contributed by atoms with Gasteiger partial charge in [-0.05, 0) is 24.7 Å². The Morgan fingerprint density at radius 3 is 2.32 bits per heavy atom. The number of methoxy groups -OCH3 is 1. The van der Waals surface area contributed by atoms with Crippen LogP contribution in [0.2, 0.25) is 0 Å². The van der Waals surface area contributed by atoms with Gasteiger partial charge < -0.3 is 10.1 Å². The number of nitrogens with zero attached hydrogens (tertiary/aromatic N) is 1. The third kappa shape index (κ3) is 5.30. The summed E-state index contributed by atoms with van der Waals surface area (Å²) in [6, 6.07) is 7.94. The molecule has 0 fully saturated rings. The summed E-state index contributed by atoms with van der Waals surface area (Å²) in [4.78, 5) is 13.8. The van der Waals surface area contributed by atoms with E-state index in [0.29, 0.717) is 6.67 Å². The molecule has 106 valence electrons. The van der Waals surface area contributed by atoms with Gasteiger partial charge in [-0.1, -0.05) is 32.9 Å². The third-order valence-electron chi connectivity index (χ3n) is 2.80. The zero-order chi connectivity index (χ0) is 14.5. The molecule has 0 bridgehead atoms. The Kier molecular flexibility index (Phi) is 5.36. The maximum atomic E-state index is 11.8. The third-order valence-corrected chi connectivity index (χ3v) is 2.80. The lowest BCUT2D eigenvalue weighted by Gasteiger charge is -2.22. The first kappa shape index (κ1) is 15.5. The van der Waals surface area contributed by atoms with Crippen LogP contribution in [0, 0.1) is 5.41 Å². The topological polar surface area (TPSA) is 41.6 Å². The summed E-state index contributed by atoms with van der Waals surface area (Å²) in [5, 5.41) is 2.93. The van der Waals surface area contributed by atoms with Crippen molar-refractivity contribution in [2.24, 2.45) is 5.41 Å². The normalized spacial score (nSPS) is 11.5. The monoisotopic (exact) mass is 264 g/mol. The number of carbonyl (C=O) groups excluding carboxylic acids is 1. The summed E-state index contributed by atoms with van der Waals surface area (Å²) in [6.45, 7) is 7.06. The first-order valence-electron chi connectivity index (χ1n) is 6.42. The Bertz CT molecular complexity index is 407. The van der Waals surface area contributed by atoms with Crippen molar-refractivity contribution in [2.45, 2.75) is 27.3 Å².